The molecule has 0 saturated carbocycles. The highest BCUT2D eigenvalue weighted by Crippen LogP contribution is 2.28. The van der Waals surface area contributed by atoms with Crippen molar-refractivity contribution in [1.82, 2.24) is 9.46 Å². The Kier molecular flexibility index (Phi) is 4.57. The highest BCUT2D eigenvalue weighted by molar-refractivity contribution is 7.91. The molecule has 2 N–H and O–H groups in total. The molecule has 0 spiro atoms. The van der Waals surface area contributed by atoms with Gasteiger partial charge in [-0.2, -0.15) is 0 Å². The van der Waals surface area contributed by atoms with E-state index in [9.17, 15) is 18.3 Å². The first-order valence-corrected chi connectivity index (χ1v) is 8.85. The van der Waals surface area contributed by atoms with Gasteiger partial charge in [0.05, 0.1) is 12.3 Å². The van der Waals surface area contributed by atoms with Gasteiger partial charge in [-0.05, 0) is 20.3 Å². The molecule has 130 valence electrons. The zero-order valence-electron chi connectivity index (χ0n) is 13.8. The highest BCUT2D eigenvalue weighted by atomic mass is 32.2. The van der Waals surface area contributed by atoms with Gasteiger partial charge in [-0.1, -0.05) is 19.0 Å². The zero-order chi connectivity index (χ0) is 17.5. The fourth-order valence-corrected chi connectivity index (χ4v) is 3.63. The average Bonchev–Trinajstić information content (AvgIpc) is 2.85. The number of nitrogens with zero attached hydrogens (tertiary/aromatic N) is 2. The Hall–Kier alpha value is -1.45. The van der Waals surface area contributed by atoms with Gasteiger partial charge in [0.15, 0.2) is 4.75 Å². The van der Waals surface area contributed by atoms with E-state index in [0.717, 1.165) is 6.42 Å². The van der Waals surface area contributed by atoms with E-state index in [0.29, 0.717) is 18.8 Å². The predicted molar refractivity (Wildman–Crippen MR) is 84.4 cm³/mol. The number of aromatic nitrogens is 1. The van der Waals surface area contributed by atoms with Crippen molar-refractivity contribution < 1.29 is 22.8 Å². The van der Waals surface area contributed by atoms with Crippen molar-refractivity contribution in [1.29, 1.82) is 0 Å². The van der Waals surface area contributed by atoms with Crippen LogP contribution in [-0.2, 0) is 20.2 Å². The number of rotatable bonds is 6. The van der Waals surface area contributed by atoms with Crippen LogP contribution in [0.5, 0.6) is 0 Å². The van der Waals surface area contributed by atoms with E-state index in [4.69, 9.17) is 4.52 Å². The van der Waals surface area contributed by atoms with Gasteiger partial charge in [0.2, 0.25) is 21.8 Å². The molecule has 23 heavy (non-hydrogen) atoms. The van der Waals surface area contributed by atoms with Crippen LogP contribution in [0.15, 0.2) is 10.6 Å². The fraction of sp³-hybridized carbons (Fsp3) is 0.714. The van der Waals surface area contributed by atoms with E-state index in [1.165, 1.54) is 24.2 Å². The minimum atomic E-state index is -3.73. The van der Waals surface area contributed by atoms with Crippen LogP contribution in [-0.4, -0.2) is 53.3 Å². The van der Waals surface area contributed by atoms with Crippen molar-refractivity contribution in [3.8, 4) is 0 Å². The number of sulfonamides is 1. The molecule has 1 aliphatic heterocycles. The molecule has 1 aromatic rings. The molecular weight excluding hydrogens is 322 g/mol. The quantitative estimate of drug-likeness (QED) is 0.784. The summed E-state index contributed by atoms with van der Waals surface area (Å²) in [7, 11) is -3.73. The summed E-state index contributed by atoms with van der Waals surface area (Å²) in [6.07, 6.45) is 0.804. The van der Waals surface area contributed by atoms with Crippen LogP contribution in [0.4, 0.5) is 5.88 Å². The molecule has 1 aliphatic rings. The third-order valence-corrected chi connectivity index (χ3v) is 6.70. The topological polar surface area (TPSA) is 113 Å². The minimum absolute atomic E-state index is 0.0541. The van der Waals surface area contributed by atoms with Gasteiger partial charge >= 0.3 is 0 Å². The van der Waals surface area contributed by atoms with Gasteiger partial charge in [-0.3, -0.25) is 10.1 Å². The number of hydrogen-bond donors (Lipinski definition) is 2. The predicted octanol–water partition coefficient (Wildman–Crippen LogP) is 0.697. The lowest BCUT2D eigenvalue weighted by Gasteiger charge is -2.36. The molecule has 0 aromatic carbocycles. The first-order chi connectivity index (χ1) is 10.5. The first kappa shape index (κ1) is 17.9. The molecule has 0 aliphatic carbocycles. The first-order valence-electron chi connectivity index (χ1n) is 7.41. The molecule has 1 aromatic heterocycles. The molecule has 2 rings (SSSR count). The van der Waals surface area contributed by atoms with Crippen molar-refractivity contribution in [2.45, 2.75) is 44.3 Å². The fourth-order valence-electron chi connectivity index (χ4n) is 1.96. The third kappa shape index (κ3) is 3.13. The standard InChI is InChI=1S/C14H23N3O5S/c1-13(2,9-18)10-8-11(22-16-10)15-12(19)14(3,4)23(20,21)17-6-5-7-17/h8,18H,5-7,9H2,1-4H3,(H,15,19). The molecule has 1 fully saturated rings. The largest absolute Gasteiger partial charge is 0.395 e. The summed E-state index contributed by atoms with van der Waals surface area (Å²) < 4.78 is 29.6. The summed E-state index contributed by atoms with van der Waals surface area (Å²) in [5, 5.41) is 15.6. The number of amides is 1. The second kappa shape index (κ2) is 5.88. The number of anilines is 1. The molecule has 0 unspecified atom stereocenters. The molecule has 1 amide bonds. The van der Waals surface area contributed by atoms with Crippen LogP contribution in [0, 0.1) is 0 Å². The maximum atomic E-state index is 12.5. The van der Waals surface area contributed by atoms with Crippen molar-refractivity contribution in [2.24, 2.45) is 0 Å². The van der Waals surface area contributed by atoms with Gasteiger partial charge in [0.25, 0.3) is 0 Å². The highest BCUT2D eigenvalue weighted by Gasteiger charge is 2.47. The smallest absolute Gasteiger partial charge is 0.249 e. The minimum Gasteiger partial charge on any atom is -0.395 e. The van der Waals surface area contributed by atoms with Gasteiger partial charge in [0, 0.05) is 24.6 Å². The lowest BCUT2D eigenvalue weighted by molar-refractivity contribution is -0.118. The Labute approximate surface area is 135 Å². The van der Waals surface area contributed by atoms with E-state index < -0.39 is 26.1 Å². The van der Waals surface area contributed by atoms with Crippen LogP contribution in [0.2, 0.25) is 0 Å². The number of aliphatic hydroxyl groups is 1. The molecule has 1 saturated heterocycles. The monoisotopic (exact) mass is 345 g/mol. The van der Waals surface area contributed by atoms with Crippen LogP contribution in [0.25, 0.3) is 0 Å². The van der Waals surface area contributed by atoms with E-state index in [1.807, 2.05) is 0 Å². The van der Waals surface area contributed by atoms with E-state index in [1.54, 1.807) is 13.8 Å². The summed E-state index contributed by atoms with van der Waals surface area (Å²) in [6, 6.07) is 1.49. The Bertz CT molecular complexity index is 689. The van der Waals surface area contributed by atoms with Crippen LogP contribution < -0.4 is 5.32 Å². The Morgan fingerprint density at radius 3 is 2.48 bits per heavy atom. The summed E-state index contributed by atoms with van der Waals surface area (Å²) in [5.41, 5.74) is -0.148. The number of carbonyl (C=O) groups excluding carboxylic acids is 1. The number of carbonyl (C=O) groups is 1. The Morgan fingerprint density at radius 2 is 2.00 bits per heavy atom. The molecule has 0 bridgehead atoms. The Morgan fingerprint density at radius 1 is 1.39 bits per heavy atom. The molecule has 0 atom stereocenters. The Balaban J connectivity index is 2.15. The van der Waals surface area contributed by atoms with Crippen molar-refractivity contribution >= 4 is 21.8 Å². The lowest BCUT2D eigenvalue weighted by atomic mass is 9.91. The number of hydrogen-bond acceptors (Lipinski definition) is 6. The van der Waals surface area contributed by atoms with Crippen molar-refractivity contribution in [3.63, 3.8) is 0 Å². The molecule has 2 heterocycles. The lowest BCUT2D eigenvalue weighted by Crippen LogP contribution is -2.55. The number of aliphatic hydroxyl groups excluding tert-OH is 1. The molecular formula is C14H23N3O5S. The van der Waals surface area contributed by atoms with Gasteiger partial charge in [-0.25, -0.2) is 12.7 Å². The molecule has 0 radical (unpaired) electrons. The maximum absolute atomic E-state index is 12.5. The summed E-state index contributed by atoms with van der Waals surface area (Å²) in [6.45, 7) is 7.02. The third-order valence-electron chi connectivity index (χ3n) is 4.18. The zero-order valence-corrected chi connectivity index (χ0v) is 14.6. The summed E-state index contributed by atoms with van der Waals surface area (Å²) in [4.78, 5) is 12.4. The number of nitrogens with one attached hydrogen (secondary N) is 1. The second-order valence-corrected chi connectivity index (χ2v) is 9.33. The van der Waals surface area contributed by atoms with Crippen molar-refractivity contribution in [2.75, 3.05) is 25.0 Å². The normalized spacial score (nSPS) is 16.9. The summed E-state index contributed by atoms with van der Waals surface area (Å²) >= 11 is 0. The van der Waals surface area contributed by atoms with Gasteiger partial charge in [-0.15, -0.1) is 0 Å². The van der Waals surface area contributed by atoms with Crippen LogP contribution in [0.3, 0.4) is 0 Å². The van der Waals surface area contributed by atoms with E-state index >= 15 is 0 Å². The van der Waals surface area contributed by atoms with E-state index in [-0.39, 0.29) is 12.5 Å². The SMILES string of the molecule is CC(C)(CO)c1cc(NC(=O)C(C)(C)S(=O)(=O)N2CCC2)on1. The molecule has 8 nitrogen and oxygen atoms in total. The van der Waals surface area contributed by atoms with Gasteiger partial charge < -0.3 is 9.63 Å². The van der Waals surface area contributed by atoms with Crippen LogP contribution in [0.1, 0.15) is 39.8 Å². The molecule has 9 heteroatoms. The second-order valence-electron chi connectivity index (χ2n) is 6.84. The van der Waals surface area contributed by atoms with Crippen molar-refractivity contribution in [3.05, 3.63) is 11.8 Å². The average molecular weight is 345 g/mol. The van der Waals surface area contributed by atoms with Gasteiger partial charge in [0.1, 0.15) is 0 Å². The summed E-state index contributed by atoms with van der Waals surface area (Å²) in [5.74, 6) is -0.632. The van der Waals surface area contributed by atoms with Crippen LogP contribution >= 0.6 is 0 Å². The van der Waals surface area contributed by atoms with E-state index in [2.05, 4.69) is 10.5 Å². The maximum Gasteiger partial charge on any atom is 0.249 e.